The molecule has 0 radical (unpaired) electrons. The molecule has 0 saturated carbocycles. The van der Waals surface area contributed by atoms with Crippen LogP contribution >= 0.6 is 0 Å². The van der Waals surface area contributed by atoms with E-state index in [9.17, 15) is 9.59 Å². The molecule has 20 heavy (non-hydrogen) atoms. The maximum Gasteiger partial charge on any atom is 0.224 e. The van der Waals surface area contributed by atoms with Crippen molar-refractivity contribution in [3.63, 3.8) is 0 Å². The van der Waals surface area contributed by atoms with Crippen LogP contribution in [0.3, 0.4) is 0 Å². The lowest BCUT2D eigenvalue weighted by Gasteiger charge is -2.06. The number of anilines is 1. The summed E-state index contributed by atoms with van der Waals surface area (Å²) in [6.07, 6.45) is 6.72. The molecular formula is C17H25NO2. The third-order valence-electron chi connectivity index (χ3n) is 3.30. The molecule has 0 atom stereocenters. The summed E-state index contributed by atoms with van der Waals surface area (Å²) in [5.74, 6) is 0.128. The number of rotatable bonds is 9. The average Bonchev–Trinajstić information content (AvgIpc) is 2.46. The molecule has 1 aromatic rings. The quantitative estimate of drug-likeness (QED) is 0.529. The zero-order valence-electron chi connectivity index (χ0n) is 12.6. The van der Waals surface area contributed by atoms with Gasteiger partial charge in [-0.3, -0.25) is 9.59 Å². The van der Waals surface area contributed by atoms with Crippen LogP contribution < -0.4 is 5.32 Å². The fourth-order valence-electron chi connectivity index (χ4n) is 2.09. The van der Waals surface area contributed by atoms with Gasteiger partial charge in [0.1, 0.15) is 0 Å². The number of hydrogen-bond donors (Lipinski definition) is 1. The molecule has 0 saturated heterocycles. The van der Waals surface area contributed by atoms with Gasteiger partial charge in [-0.15, -0.1) is 0 Å². The number of carbonyl (C=O) groups is 2. The number of amides is 1. The number of unbranched alkanes of at least 4 members (excludes halogenated alkanes) is 4. The Balaban J connectivity index is 2.40. The van der Waals surface area contributed by atoms with Crippen LogP contribution in [0.15, 0.2) is 24.3 Å². The van der Waals surface area contributed by atoms with Crippen LogP contribution in [0.1, 0.15) is 69.2 Å². The van der Waals surface area contributed by atoms with E-state index >= 15 is 0 Å². The highest BCUT2D eigenvalue weighted by Gasteiger charge is 2.06. The second-order valence-electron chi connectivity index (χ2n) is 5.07. The number of hydrogen-bond acceptors (Lipinski definition) is 2. The molecule has 0 aliphatic carbocycles. The van der Waals surface area contributed by atoms with Crippen LogP contribution in [-0.2, 0) is 4.79 Å². The van der Waals surface area contributed by atoms with Crippen molar-refractivity contribution in [1.29, 1.82) is 0 Å². The highest BCUT2D eigenvalue weighted by molar-refractivity contribution is 5.98. The fourth-order valence-corrected chi connectivity index (χ4v) is 2.09. The standard InChI is InChI=1S/C17H25NO2/c1-3-5-6-7-8-12-17(20)18-15-11-9-10-14(13-15)16(19)4-2/h9-11,13H,3-8,12H2,1-2H3,(H,18,20). The first-order chi connectivity index (χ1) is 9.67. The van der Waals surface area contributed by atoms with Crippen molar-refractivity contribution in [3.05, 3.63) is 29.8 Å². The number of carbonyl (C=O) groups excluding carboxylic acids is 2. The van der Waals surface area contributed by atoms with Crippen molar-refractivity contribution in [2.45, 2.75) is 58.8 Å². The second kappa shape index (κ2) is 9.29. The molecule has 1 aromatic carbocycles. The van der Waals surface area contributed by atoms with Gasteiger partial charge >= 0.3 is 0 Å². The Morgan fingerprint density at radius 3 is 2.50 bits per heavy atom. The van der Waals surface area contributed by atoms with E-state index in [1.165, 1.54) is 19.3 Å². The Kier molecular flexibility index (Phi) is 7.63. The van der Waals surface area contributed by atoms with E-state index in [1.807, 2.05) is 13.0 Å². The van der Waals surface area contributed by atoms with E-state index in [2.05, 4.69) is 12.2 Å². The van der Waals surface area contributed by atoms with E-state index in [-0.39, 0.29) is 11.7 Å². The van der Waals surface area contributed by atoms with Gasteiger partial charge in [0.05, 0.1) is 0 Å². The van der Waals surface area contributed by atoms with Crippen molar-refractivity contribution in [2.75, 3.05) is 5.32 Å². The zero-order valence-corrected chi connectivity index (χ0v) is 12.6. The Morgan fingerprint density at radius 1 is 1.05 bits per heavy atom. The molecule has 0 bridgehead atoms. The van der Waals surface area contributed by atoms with Gasteiger partial charge in [0.25, 0.3) is 0 Å². The number of benzene rings is 1. The predicted octanol–water partition coefficient (Wildman–Crippen LogP) is 4.58. The normalized spacial score (nSPS) is 10.3. The smallest absolute Gasteiger partial charge is 0.224 e. The molecule has 0 heterocycles. The number of Topliss-reactive ketones (excluding diaryl/α,β-unsaturated/α-hetero) is 1. The molecule has 0 aliphatic heterocycles. The molecule has 110 valence electrons. The van der Waals surface area contributed by atoms with Gasteiger partial charge in [0.2, 0.25) is 5.91 Å². The summed E-state index contributed by atoms with van der Waals surface area (Å²) in [5, 5.41) is 2.86. The lowest BCUT2D eigenvalue weighted by molar-refractivity contribution is -0.116. The van der Waals surface area contributed by atoms with Crippen LogP contribution in [0.4, 0.5) is 5.69 Å². The van der Waals surface area contributed by atoms with E-state index in [0.29, 0.717) is 24.1 Å². The van der Waals surface area contributed by atoms with Crippen LogP contribution in [0.2, 0.25) is 0 Å². The molecule has 0 spiro atoms. The van der Waals surface area contributed by atoms with E-state index in [4.69, 9.17) is 0 Å². The maximum atomic E-state index is 11.8. The maximum absolute atomic E-state index is 11.8. The molecule has 0 aliphatic rings. The van der Waals surface area contributed by atoms with Crippen LogP contribution in [-0.4, -0.2) is 11.7 Å². The summed E-state index contributed by atoms with van der Waals surface area (Å²) in [6.45, 7) is 4.02. The molecule has 3 nitrogen and oxygen atoms in total. The largest absolute Gasteiger partial charge is 0.326 e. The SMILES string of the molecule is CCCCCCCC(=O)Nc1cccc(C(=O)CC)c1. The zero-order chi connectivity index (χ0) is 14.8. The lowest BCUT2D eigenvalue weighted by Crippen LogP contribution is -2.11. The van der Waals surface area contributed by atoms with Gasteiger partial charge in [-0.1, -0.05) is 51.7 Å². The van der Waals surface area contributed by atoms with Gasteiger partial charge < -0.3 is 5.32 Å². The lowest BCUT2D eigenvalue weighted by atomic mass is 10.1. The minimum atomic E-state index is 0.0302. The summed E-state index contributed by atoms with van der Waals surface area (Å²) in [7, 11) is 0. The predicted molar refractivity (Wildman–Crippen MR) is 83.1 cm³/mol. The summed E-state index contributed by atoms with van der Waals surface area (Å²) < 4.78 is 0. The molecule has 1 rings (SSSR count). The van der Waals surface area contributed by atoms with Gasteiger partial charge in [-0.05, 0) is 18.6 Å². The number of ketones is 1. The summed E-state index contributed by atoms with van der Waals surface area (Å²) in [6, 6.07) is 7.16. The van der Waals surface area contributed by atoms with Crippen LogP contribution in [0.5, 0.6) is 0 Å². The third-order valence-corrected chi connectivity index (χ3v) is 3.30. The molecular weight excluding hydrogens is 250 g/mol. The summed E-state index contributed by atoms with van der Waals surface area (Å²) >= 11 is 0. The first-order valence-electron chi connectivity index (χ1n) is 7.60. The first kappa shape index (κ1) is 16.4. The van der Waals surface area contributed by atoms with E-state index in [1.54, 1.807) is 18.2 Å². The Bertz CT molecular complexity index is 440. The third kappa shape index (κ3) is 6.00. The van der Waals surface area contributed by atoms with Crippen LogP contribution in [0.25, 0.3) is 0 Å². The van der Waals surface area contributed by atoms with Crippen LogP contribution in [0, 0.1) is 0 Å². The van der Waals surface area contributed by atoms with Crippen molar-refractivity contribution >= 4 is 17.4 Å². The summed E-state index contributed by atoms with van der Waals surface area (Å²) in [5.41, 5.74) is 1.37. The molecule has 1 amide bonds. The molecule has 0 fully saturated rings. The minimum absolute atomic E-state index is 0.0302. The van der Waals surface area contributed by atoms with Gasteiger partial charge in [-0.25, -0.2) is 0 Å². The van der Waals surface area contributed by atoms with Crippen molar-refractivity contribution in [3.8, 4) is 0 Å². The number of nitrogens with one attached hydrogen (secondary N) is 1. The van der Waals surface area contributed by atoms with Crippen molar-refractivity contribution in [2.24, 2.45) is 0 Å². The molecule has 1 N–H and O–H groups in total. The highest BCUT2D eigenvalue weighted by atomic mass is 16.1. The van der Waals surface area contributed by atoms with Gasteiger partial charge in [0, 0.05) is 24.1 Å². The fraction of sp³-hybridized carbons (Fsp3) is 0.529. The Labute approximate surface area is 121 Å². The summed E-state index contributed by atoms with van der Waals surface area (Å²) in [4.78, 5) is 23.4. The minimum Gasteiger partial charge on any atom is -0.326 e. The van der Waals surface area contributed by atoms with E-state index < -0.39 is 0 Å². The Hall–Kier alpha value is -1.64. The van der Waals surface area contributed by atoms with Gasteiger partial charge in [0.15, 0.2) is 5.78 Å². The Morgan fingerprint density at radius 2 is 1.80 bits per heavy atom. The topological polar surface area (TPSA) is 46.2 Å². The van der Waals surface area contributed by atoms with Crippen molar-refractivity contribution in [1.82, 2.24) is 0 Å². The first-order valence-corrected chi connectivity index (χ1v) is 7.60. The monoisotopic (exact) mass is 275 g/mol. The van der Waals surface area contributed by atoms with E-state index in [0.717, 1.165) is 12.8 Å². The molecule has 0 unspecified atom stereocenters. The van der Waals surface area contributed by atoms with Gasteiger partial charge in [-0.2, -0.15) is 0 Å². The second-order valence-corrected chi connectivity index (χ2v) is 5.07. The van der Waals surface area contributed by atoms with Crippen molar-refractivity contribution < 1.29 is 9.59 Å². The molecule has 0 aromatic heterocycles. The molecule has 3 heteroatoms. The average molecular weight is 275 g/mol. The highest BCUT2D eigenvalue weighted by Crippen LogP contribution is 2.13.